The first-order valence-corrected chi connectivity index (χ1v) is 5.40. The van der Waals surface area contributed by atoms with Crippen molar-refractivity contribution < 1.29 is 13.2 Å². The number of hydrogen-bond donors (Lipinski definition) is 1. The maximum Gasteiger partial charge on any atom is 0.248 e. The molecule has 1 saturated heterocycles. The van der Waals surface area contributed by atoms with Crippen molar-refractivity contribution in [2.45, 2.75) is 24.7 Å². The van der Waals surface area contributed by atoms with E-state index in [9.17, 15) is 13.2 Å². The van der Waals surface area contributed by atoms with Crippen molar-refractivity contribution in [2.75, 3.05) is 13.1 Å². The molecule has 1 fully saturated rings. The largest absolute Gasteiger partial charge is 0.317 e. The van der Waals surface area contributed by atoms with Gasteiger partial charge < -0.3 is 5.32 Å². The summed E-state index contributed by atoms with van der Waals surface area (Å²) in [5.41, 5.74) is -0.753. The highest BCUT2D eigenvalue weighted by Gasteiger charge is 2.42. The van der Waals surface area contributed by atoms with Gasteiger partial charge in [-0.05, 0) is 43.6 Å². The van der Waals surface area contributed by atoms with Crippen molar-refractivity contribution >= 4 is 0 Å². The van der Waals surface area contributed by atoms with E-state index in [1.807, 2.05) is 0 Å². The molecule has 1 aromatic rings. The van der Waals surface area contributed by atoms with E-state index in [4.69, 9.17) is 0 Å². The van der Waals surface area contributed by atoms with Crippen LogP contribution in [0.1, 0.15) is 18.4 Å². The summed E-state index contributed by atoms with van der Waals surface area (Å²) >= 11 is 0. The number of benzene rings is 1. The van der Waals surface area contributed by atoms with E-state index in [-0.39, 0.29) is 0 Å². The predicted molar refractivity (Wildman–Crippen MR) is 56.2 cm³/mol. The minimum Gasteiger partial charge on any atom is -0.317 e. The zero-order valence-electron chi connectivity index (χ0n) is 8.85. The van der Waals surface area contributed by atoms with E-state index in [1.54, 1.807) is 6.07 Å². The fraction of sp³-hybridized carbons (Fsp3) is 0.500. The zero-order chi connectivity index (χ0) is 11.6. The Bertz CT molecular complexity index is 359. The highest BCUT2D eigenvalue weighted by Crippen LogP contribution is 2.39. The molecule has 0 aliphatic carbocycles. The van der Waals surface area contributed by atoms with Crippen LogP contribution >= 0.6 is 0 Å². The third kappa shape index (κ3) is 1.94. The quantitative estimate of drug-likeness (QED) is 0.822. The minimum atomic E-state index is -2.45. The van der Waals surface area contributed by atoms with Crippen molar-refractivity contribution in [3.8, 4) is 0 Å². The average molecular weight is 229 g/mol. The van der Waals surface area contributed by atoms with Gasteiger partial charge in [-0.2, -0.15) is 0 Å². The first-order valence-electron chi connectivity index (χ1n) is 5.40. The molecule has 0 bridgehead atoms. The molecule has 4 heteroatoms. The highest BCUT2D eigenvalue weighted by molar-refractivity contribution is 5.28. The lowest BCUT2D eigenvalue weighted by Crippen LogP contribution is -2.44. The molecule has 0 radical (unpaired) electrons. The monoisotopic (exact) mass is 229 g/mol. The van der Waals surface area contributed by atoms with Gasteiger partial charge in [0.25, 0.3) is 0 Å². The van der Waals surface area contributed by atoms with Crippen molar-refractivity contribution in [3.63, 3.8) is 0 Å². The molecule has 1 heterocycles. The molecule has 0 unspecified atom stereocenters. The van der Waals surface area contributed by atoms with Crippen LogP contribution < -0.4 is 5.32 Å². The highest BCUT2D eigenvalue weighted by atomic mass is 19.3. The van der Waals surface area contributed by atoms with Crippen molar-refractivity contribution in [1.29, 1.82) is 0 Å². The third-order valence-corrected chi connectivity index (χ3v) is 3.31. The van der Waals surface area contributed by atoms with Crippen LogP contribution in [-0.4, -0.2) is 19.5 Å². The molecule has 1 N–H and O–H groups in total. The van der Waals surface area contributed by atoms with Crippen LogP contribution in [0.3, 0.4) is 0 Å². The van der Waals surface area contributed by atoms with Gasteiger partial charge in [0.15, 0.2) is 0 Å². The first kappa shape index (κ1) is 11.5. The standard InChI is InChI=1S/C12H14F3N/c13-10-3-1-2-9(8-10)12(11(14)15)4-6-16-7-5-12/h1-3,8,11,16H,4-7H2. The van der Waals surface area contributed by atoms with Gasteiger partial charge in [0, 0.05) is 0 Å². The van der Waals surface area contributed by atoms with Gasteiger partial charge in [-0.15, -0.1) is 0 Å². The van der Waals surface area contributed by atoms with E-state index in [1.165, 1.54) is 18.2 Å². The van der Waals surface area contributed by atoms with Crippen LogP contribution in [0.2, 0.25) is 0 Å². The van der Waals surface area contributed by atoms with Gasteiger partial charge in [-0.1, -0.05) is 12.1 Å². The Kier molecular flexibility index (Phi) is 3.19. The SMILES string of the molecule is Fc1cccc(C2(C(F)F)CCNCC2)c1. The summed E-state index contributed by atoms with van der Waals surface area (Å²) in [6.07, 6.45) is -1.74. The maximum atomic E-state index is 13.2. The normalized spacial score (nSPS) is 20.0. The maximum absolute atomic E-state index is 13.2. The van der Waals surface area contributed by atoms with Gasteiger partial charge in [0.1, 0.15) is 5.82 Å². The van der Waals surface area contributed by atoms with E-state index >= 15 is 0 Å². The molecule has 0 spiro atoms. The van der Waals surface area contributed by atoms with Crippen LogP contribution in [0.4, 0.5) is 13.2 Å². The summed E-state index contributed by atoms with van der Waals surface area (Å²) in [4.78, 5) is 0. The molecule has 1 aliphatic heterocycles. The number of piperidine rings is 1. The van der Waals surface area contributed by atoms with E-state index < -0.39 is 17.7 Å². The second kappa shape index (κ2) is 4.45. The van der Waals surface area contributed by atoms with Crippen LogP contribution in [0.15, 0.2) is 24.3 Å². The predicted octanol–water partition coefficient (Wildman–Crippen LogP) is 2.71. The Morgan fingerprint density at radius 3 is 2.44 bits per heavy atom. The van der Waals surface area contributed by atoms with Crippen molar-refractivity contribution in [2.24, 2.45) is 0 Å². The molecule has 0 amide bonds. The summed E-state index contributed by atoms with van der Waals surface area (Å²) in [6, 6.07) is 5.61. The Labute approximate surface area is 92.7 Å². The van der Waals surface area contributed by atoms with Crippen molar-refractivity contribution in [3.05, 3.63) is 35.6 Å². The number of halogens is 3. The molecule has 2 rings (SSSR count). The average Bonchev–Trinajstić information content (AvgIpc) is 2.30. The molecule has 1 nitrogen and oxygen atoms in total. The number of rotatable bonds is 2. The van der Waals surface area contributed by atoms with Crippen LogP contribution in [0, 0.1) is 5.82 Å². The van der Waals surface area contributed by atoms with E-state index in [0.29, 0.717) is 31.5 Å². The number of nitrogens with one attached hydrogen (secondary N) is 1. The molecular formula is C12H14F3N. The van der Waals surface area contributed by atoms with Crippen molar-refractivity contribution in [1.82, 2.24) is 5.32 Å². The second-order valence-electron chi connectivity index (χ2n) is 4.22. The molecular weight excluding hydrogens is 215 g/mol. The Hall–Kier alpha value is -1.03. The molecule has 1 aliphatic rings. The third-order valence-electron chi connectivity index (χ3n) is 3.31. The van der Waals surface area contributed by atoms with Gasteiger partial charge >= 0.3 is 0 Å². The number of alkyl halides is 2. The van der Waals surface area contributed by atoms with Gasteiger partial charge in [0.2, 0.25) is 6.43 Å². The topological polar surface area (TPSA) is 12.0 Å². The Morgan fingerprint density at radius 1 is 1.19 bits per heavy atom. The lowest BCUT2D eigenvalue weighted by molar-refractivity contribution is 0.0294. The summed E-state index contributed by atoms with van der Waals surface area (Å²) in [5.74, 6) is -0.448. The molecule has 0 atom stereocenters. The zero-order valence-corrected chi connectivity index (χ0v) is 8.85. The fourth-order valence-electron chi connectivity index (χ4n) is 2.30. The van der Waals surface area contributed by atoms with Gasteiger partial charge in [-0.25, -0.2) is 13.2 Å². The summed E-state index contributed by atoms with van der Waals surface area (Å²) in [7, 11) is 0. The van der Waals surface area contributed by atoms with Crippen LogP contribution in [-0.2, 0) is 5.41 Å². The molecule has 0 aromatic heterocycles. The fourth-order valence-corrected chi connectivity index (χ4v) is 2.30. The minimum absolute atomic E-state index is 0.355. The summed E-state index contributed by atoms with van der Waals surface area (Å²) in [6.45, 7) is 1.11. The van der Waals surface area contributed by atoms with Crippen LogP contribution in [0.25, 0.3) is 0 Å². The van der Waals surface area contributed by atoms with Gasteiger partial charge in [-0.3, -0.25) is 0 Å². The van der Waals surface area contributed by atoms with E-state index in [0.717, 1.165) is 0 Å². The Balaban J connectivity index is 2.38. The van der Waals surface area contributed by atoms with E-state index in [2.05, 4.69) is 5.32 Å². The first-order chi connectivity index (χ1) is 7.65. The molecule has 1 aromatic carbocycles. The molecule has 16 heavy (non-hydrogen) atoms. The summed E-state index contributed by atoms with van der Waals surface area (Å²) in [5, 5.41) is 3.05. The Morgan fingerprint density at radius 2 is 1.88 bits per heavy atom. The number of hydrogen-bond acceptors (Lipinski definition) is 1. The molecule has 0 saturated carbocycles. The van der Waals surface area contributed by atoms with Gasteiger partial charge in [0.05, 0.1) is 5.41 Å². The van der Waals surface area contributed by atoms with Crippen LogP contribution in [0.5, 0.6) is 0 Å². The smallest absolute Gasteiger partial charge is 0.248 e. The lowest BCUT2D eigenvalue weighted by atomic mass is 9.73. The molecule has 88 valence electrons. The summed E-state index contributed by atoms with van der Waals surface area (Å²) < 4.78 is 39.6. The lowest BCUT2D eigenvalue weighted by Gasteiger charge is -2.37. The second-order valence-corrected chi connectivity index (χ2v) is 4.22.